The van der Waals surface area contributed by atoms with Crippen molar-refractivity contribution in [1.29, 1.82) is 0 Å². The number of methoxy groups -OCH3 is 1. The molecule has 24 heavy (non-hydrogen) atoms. The first kappa shape index (κ1) is 16.1. The van der Waals surface area contributed by atoms with E-state index in [1.807, 2.05) is 53.1 Å². The maximum atomic E-state index is 11.2. The smallest absolute Gasteiger partial charge is 0.185 e. The van der Waals surface area contributed by atoms with Gasteiger partial charge in [0.1, 0.15) is 0 Å². The number of nitrogens with zero attached hydrogens (tertiary/aromatic N) is 2. The molecule has 0 aliphatic carbocycles. The summed E-state index contributed by atoms with van der Waals surface area (Å²) in [5.41, 5.74) is 1.84. The monoisotopic (exact) mass is 324 g/mol. The fraction of sp³-hybridized carbons (Fsp3) is 0.263. The average molecular weight is 324 g/mol. The molecule has 0 bridgehead atoms. The fourth-order valence-electron chi connectivity index (χ4n) is 2.71. The van der Waals surface area contributed by atoms with Crippen molar-refractivity contribution < 1.29 is 14.3 Å². The summed E-state index contributed by atoms with van der Waals surface area (Å²) in [5.74, 6) is 1.96. The van der Waals surface area contributed by atoms with E-state index in [9.17, 15) is 4.79 Å². The van der Waals surface area contributed by atoms with Gasteiger partial charge in [0, 0.05) is 6.54 Å². The van der Waals surface area contributed by atoms with Crippen molar-refractivity contribution in [2.24, 2.45) is 0 Å². The Morgan fingerprint density at radius 1 is 1.04 bits per heavy atom. The van der Waals surface area contributed by atoms with Crippen LogP contribution in [0.1, 0.15) is 23.5 Å². The molecule has 5 heteroatoms. The van der Waals surface area contributed by atoms with E-state index in [4.69, 9.17) is 9.47 Å². The molecule has 0 saturated heterocycles. The highest BCUT2D eigenvalue weighted by atomic mass is 16.5. The Balaban J connectivity index is 1.56. The van der Waals surface area contributed by atoms with E-state index in [1.54, 1.807) is 7.11 Å². The van der Waals surface area contributed by atoms with Crippen molar-refractivity contribution in [3.05, 3.63) is 54.4 Å². The lowest BCUT2D eigenvalue weighted by atomic mass is 10.3. The number of carbonyl (C=O) groups excluding carboxylic acids is 1. The Hall–Kier alpha value is -2.82. The quantitative estimate of drug-likeness (QED) is 0.468. The van der Waals surface area contributed by atoms with Gasteiger partial charge < -0.3 is 14.0 Å². The molecule has 0 radical (unpaired) electrons. The van der Waals surface area contributed by atoms with Gasteiger partial charge in [-0.1, -0.05) is 24.3 Å². The largest absolute Gasteiger partial charge is 0.493 e. The summed E-state index contributed by atoms with van der Waals surface area (Å²) in [5, 5.41) is 0. The summed E-state index contributed by atoms with van der Waals surface area (Å²) in [6.07, 6.45) is 2.59. The molecule has 0 aliphatic heterocycles. The summed E-state index contributed by atoms with van der Waals surface area (Å²) < 4.78 is 13.0. The van der Waals surface area contributed by atoms with E-state index in [-0.39, 0.29) is 0 Å². The van der Waals surface area contributed by atoms with Crippen molar-refractivity contribution in [2.45, 2.75) is 19.4 Å². The van der Waals surface area contributed by atoms with E-state index < -0.39 is 0 Å². The molecule has 5 nitrogen and oxygen atoms in total. The van der Waals surface area contributed by atoms with Gasteiger partial charge in [-0.05, 0) is 37.1 Å². The zero-order valence-electron chi connectivity index (χ0n) is 13.6. The first-order valence-electron chi connectivity index (χ1n) is 7.99. The summed E-state index contributed by atoms with van der Waals surface area (Å²) in [4.78, 5) is 15.6. The van der Waals surface area contributed by atoms with Crippen LogP contribution in [0.2, 0.25) is 0 Å². The van der Waals surface area contributed by atoms with Crippen LogP contribution >= 0.6 is 0 Å². The maximum Gasteiger partial charge on any atom is 0.185 e. The lowest BCUT2D eigenvalue weighted by Crippen LogP contribution is -2.05. The average Bonchev–Trinajstić information content (AvgIpc) is 2.99. The van der Waals surface area contributed by atoms with Gasteiger partial charge >= 0.3 is 0 Å². The minimum atomic E-state index is 0.474. The molecule has 1 heterocycles. The zero-order chi connectivity index (χ0) is 16.8. The van der Waals surface area contributed by atoms with Crippen LogP contribution in [-0.4, -0.2) is 29.6 Å². The van der Waals surface area contributed by atoms with Crippen molar-refractivity contribution in [3.63, 3.8) is 0 Å². The summed E-state index contributed by atoms with van der Waals surface area (Å²) in [6, 6.07) is 15.4. The SMILES string of the molecule is COc1ccccc1OCCCCn1c(C=O)nc2ccccc21. The third kappa shape index (κ3) is 3.40. The number of aryl methyl sites for hydroxylation is 1. The maximum absolute atomic E-state index is 11.2. The molecule has 1 aromatic heterocycles. The van der Waals surface area contributed by atoms with Gasteiger partial charge in [0.05, 0.1) is 24.8 Å². The molecule has 124 valence electrons. The Morgan fingerprint density at radius 3 is 2.58 bits per heavy atom. The summed E-state index contributed by atoms with van der Waals surface area (Å²) >= 11 is 0. The third-order valence-electron chi connectivity index (χ3n) is 3.89. The molecule has 0 saturated carbocycles. The normalized spacial score (nSPS) is 10.7. The lowest BCUT2D eigenvalue weighted by molar-refractivity contribution is 0.111. The van der Waals surface area contributed by atoms with Crippen LogP contribution in [-0.2, 0) is 6.54 Å². The second-order valence-corrected chi connectivity index (χ2v) is 5.43. The topological polar surface area (TPSA) is 53.4 Å². The molecule has 0 atom stereocenters. The van der Waals surface area contributed by atoms with E-state index in [0.717, 1.165) is 48.2 Å². The molecular formula is C19H20N2O3. The van der Waals surface area contributed by atoms with Gasteiger partial charge in [0.15, 0.2) is 23.6 Å². The first-order valence-corrected chi connectivity index (χ1v) is 7.99. The Kier molecular flexibility index (Phi) is 5.11. The molecule has 0 spiro atoms. The van der Waals surface area contributed by atoms with Crippen LogP contribution in [0.15, 0.2) is 48.5 Å². The van der Waals surface area contributed by atoms with Crippen LogP contribution in [0.4, 0.5) is 0 Å². The number of rotatable bonds is 8. The van der Waals surface area contributed by atoms with E-state index in [1.165, 1.54) is 0 Å². The predicted molar refractivity (Wildman–Crippen MR) is 92.8 cm³/mol. The Morgan fingerprint density at radius 2 is 1.79 bits per heavy atom. The van der Waals surface area contributed by atoms with Gasteiger partial charge in [-0.3, -0.25) is 4.79 Å². The van der Waals surface area contributed by atoms with Gasteiger partial charge in [-0.15, -0.1) is 0 Å². The molecule has 0 fully saturated rings. The number of hydrogen-bond donors (Lipinski definition) is 0. The predicted octanol–water partition coefficient (Wildman–Crippen LogP) is 3.72. The number of carbonyl (C=O) groups is 1. The number of aldehydes is 1. The number of hydrogen-bond acceptors (Lipinski definition) is 4. The lowest BCUT2D eigenvalue weighted by Gasteiger charge is -2.10. The van der Waals surface area contributed by atoms with Crippen LogP contribution in [0.3, 0.4) is 0 Å². The van der Waals surface area contributed by atoms with Crippen molar-refractivity contribution >= 4 is 17.3 Å². The van der Waals surface area contributed by atoms with Crippen LogP contribution < -0.4 is 9.47 Å². The highest BCUT2D eigenvalue weighted by molar-refractivity contribution is 5.82. The van der Waals surface area contributed by atoms with Gasteiger partial charge in [0.25, 0.3) is 0 Å². The van der Waals surface area contributed by atoms with Crippen LogP contribution in [0, 0.1) is 0 Å². The number of aromatic nitrogens is 2. The van der Waals surface area contributed by atoms with Crippen molar-refractivity contribution in [2.75, 3.05) is 13.7 Å². The van der Waals surface area contributed by atoms with Gasteiger partial charge in [0.2, 0.25) is 0 Å². The second-order valence-electron chi connectivity index (χ2n) is 5.43. The number of fused-ring (bicyclic) bond motifs is 1. The number of unbranched alkanes of at least 4 members (excludes halogenated alkanes) is 1. The molecular weight excluding hydrogens is 304 g/mol. The standard InChI is InChI=1S/C19H20N2O3/c1-23-17-10-4-5-11-18(17)24-13-7-6-12-21-16-9-3-2-8-15(16)20-19(21)14-22/h2-5,8-11,14H,6-7,12-13H2,1H3. The van der Waals surface area contributed by atoms with Crippen molar-refractivity contribution in [1.82, 2.24) is 9.55 Å². The molecule has 0 amide bonds. The number of para-hydroxylation sites is 4. The highest BCUT2D eigenvalue weighted by Gasteiger charge is 2.09. The molecule has 2 aromatic carbocycles. The minimum absolute atomic E-state index is 0.474. The number of imidazole rings is 1. The fourth-order valence-corrected chi connectivity index (χ4v) is 2.71. The van der Waals surface area contributed by atoms with E-state index in [0.29, 0.717) is 12.4 Å². The highest BCUT2D eigenvalue weighted by Crippen LogP contribution is 2.26. The Bertz CT molecular complexity index is 826. The molecule has 0 aliphatic rings. The molecule has 3 rings (SSSR count). The molecule has 0 N–H and O–H groups in total. The summed E-state index contributed by atoms with van der Waals surface area (Å²) in [7, 11) is 1.63. The summed E-state index contributed by atoms with van der Waals surface area (Å²) in [6.45, 7) is 1.34. The van der Waals surface area contributed by atoms with Crippen molar-refractivity contribution in [3.8, 4) is 11.5 Å². The van der Waals surface area contributed by atoms with Crippen LogP contribution in [0.25, 0.3) is 11.0 Å². The number of ether oxygens (including phenoxy) is 2. The minimum Gasteiger partial charge on any atom is -0.493 e. The van der Waals surface area contributed by atoms with Gasteiger partial charge in [-0.25, -0.2) is 4.98 Å². The van der Waals surface area contributed by atoms with Crippen LogP contribution in [0.5, 0.6) is 11.5 Å². The number of benzene rings is 2. The van der Waals surface area contributed by atoms with E-state index >= 15 is 0 Å². The molecule has 3 aromatic rings. The Labute approximate surface area is 140 Å². The third-order valence-corrected chi connectivity index (χ3v) is 3.89. The zero-order valence-corrected chi connectivity index (χ0v) is 13.6. The second kappa shape index (κ2) is 7.64. The molecule has 0 unspecified atom stereocenters. The van der Waals surface area contributed by atoms with Gasteiger partial charge in [-0.2, -0.15) is 0 Å². The first-order chi connectivity index (χ1) is 11.8. The van der Waals surface area contributed by atoms with E-state index in [2.05, 4.69) is 4.98 Å².